The topological polar surface area (TPSA) is 27.7 Å². The van der Waals surface area contributed by atoms with Crippen molar-refractivity contribution in [3.05, 3.63) is 23.8 Å². The van der Waals surface area contributed by atoms with E-state index < -0.39 is 0 Å². The fraction of sp³-hybridized carbons (Fsp3) is 0.571. The fourth-order valence-corrected chi connectivity index (χ4v) is 1.53. The van der Waals surface area contributed by atoms with Crippen molar-refractivity contribution in [1.82, 2.24) is 0 Å². The summed E-state index contributed by atoms with van der Waals surface area (Å²) in [6.07, 6.45) is 1.89. The number of ether oxygens (including phenoxy) is 3. The molecule has 0 unspecified atom stereocenters. The zero-order valence-electron chi connectivity index (χ0n) is 11.0. The molecule has 0 amide bonds. The van der Waals surface area contributed by atoms with Gasteiger partial charge < -0.3 is 14.2 Å². The van der Waals surface area contributed by atoms with Gasteiger partial charge in [-0.3, -0.25) is 0 Å². The minimum absolute atomic E-state index is 0.677. The van der Waals surface area contributed by atoms with Crippen molar-refractivity contribution in [3.63, 3.8) is 0 Å². The number of hydrogen-bond acceptors (Lipinski definition) is 3. The summed E-state index contributed by atoms with van der Waals surface area (Å²) in [5, 5.41) is 0. The Balaban J connectivity index is 2.46. The molecule has 17 heavy (non-hydrogen) atoms. The van der Waals surface area contributed by atoms with E-state index in [0.717, 1.165) is 37.6 Å². The van der Waals surface area contributed by atoms with Gasteiger partial charge in [-0.15, -0.1) is 0 Å². The highest BCUT2D eigenvalue weighted by Crippen LogP contribution is 2.23. The molecule has 0 saturated carbocycles. The van der Waals surface area contributed by atoms with Crippen LogP contribution in [0.1, 0.15) is 25.8 Å². The second kappa shape index (κ2) is 7.96. The monoisotopic (exact) mass is 238 g/mol. The van der Waals surface area contributed by atoms with E-state index in [4.69, 9.17) is 14.2 Å². The molecule has 0 aromatic heterocycles. The van der Waals surface area contributed by atoms with E-state index in [-0.39, 0.29) is 0 Å². The average molecular weight is 238 g/mol. The predicted octanol–water partition coefficient (Wildman–Crippen LogP) is 3.06. The van der Waals surface area contributed by atoms with E-state index in [1.54, 1.807) is 7.11 Å². The lowest BCUT2D eigenvalue weighted by Gasteiger charge is -2.10. The zero-order valence-corrected chi connectivity index (χ0v) is 11.0. The Morgan fingerprint density at radius 2 is 1.76 bits per heavy atom. The first-order valence-corrected chi connectivity index (χ1v) is 6.18. The van der Waals surface area contributed by atoms with Crippen LogP contribution >= 0.6 is 0 Å². The first-order valence-electron chi connectivity index (χ1n) is 6.18. The molecule has 1 rings (SSSR count). The van der Waals surface area contributed by atoms with Crippen LogP contribution in [0.4, 0.5) is 0 Å². The third-order valence-corrected chi connectivity index (χ3v) is 2.49. The normalized spacial score (nSPS) is 10.3. The molecule has 0 spiro atoms. The summed E-state index contributed by atoms with van der Waals surface area (Å²) in [5.74, 6) is 1.72. The largest absolute Gasteiger partial charge is 0.497 e. The maximum absolute atomic E-state index is 5.68. The van der Waals surface area contributed by atoms with Crippen molar-refractivity contribution < 1.29 is 14.2 Å². The van der Waals surface area contributed by atoms with Crippen LogP contribution in [0.25, 0.3) is 0 Å². The van der Waals surface area contributed by atoms with Crippen molar-refractivity contribution in [3.8, 4) is 11.5 Å². The summed E-state index contributed by atoms with van der Waals surface area (Å²) < 4.78 is 16.2. The SMILES string of the molecule is CCOCCCOc1cc(CC)cc(OC)c1. The zero-order chi connectivity index (χ0) is 12.5. The van der Waals surface area contributed by atoms with E-state index in [1.165, 1.54) is 5.56 Å². The molecular formula is C14H22O3. The van der Waals surface area contributed by atoms with Crippen molar-refractivity contribution in [2.24, 2.45) is 0 Å². The van der Waals surface area contributed by atoms with Crippen LogP contribution in [-0.4, -0.2) is 26.9 Å². The summed E-state index contributed by atoms with van der Waals surface area (Å²) >= 11 is 0. The van der Waals surface area contributed by atoms with Crippen LogP contribution in [-0.2, 0) is 11.2 Å². The predicted molar refractivity (Wildman–Crippen MR) is 69.0 cm³/mol. The van der Waals surface area contributed by atoms with Crippen molar-refractivity contribution >= 4 is 0 Å². The maximum Gasteiger partial charge on any atom is 0.123 e. The quantitative estimate of drug-likeness (QED) is 0.651. The smallest absolute Gasteiger partial charge is 0.123 e. The molecule has 0 aliphatic rings. The standard InChI is InChI=1S/C14H22O3/c1-4-12-9-13(15-3)11-14(10-12)17-8-6-7-16-5-2/h9-11H,4-8H2,1-3H3. The Bertz CT molecular complexity index is 301. The molecule has 96 valence electrons. The second-order valence-electron chi connectivity index (χ2n) is 3.77. The Morgan fingerprint density at radius 3 is 2.41 bits per heavy atom. The summed E-state index contributed by atoms with van der Waals surface area (Å²) in [7, 11) is 1.67. The van der Waals surface area contributed by atoms with Gasteiger partial charge in [0, 0.05) is 25.7 Å². The van der Waals surface area contributed by atoms with E-state index in [0.29, 0.717) is 6.61 Å². The van der Waals surface area contributed by atoms with Gasteiger partial charge in [0.25, 0.3) is 0 Å². The molecule has 3 nitrogen and oxygen atoms in total. The average Bonchev–Trinajstić information content (AvgIpc) is 2.38. The lowest BCUT2D eigenvalue weighted by atomic mass is 10.1. The third kappa shape index (κ3) is 5.09. The van der Waals surface area contributed by atoms with E-state index >= 15 is 0 Å². The van der Waals surface area contributed by atoms with Gasteiger partial charge in [0.2, 0.25) is 0 Å². The summed E-state index contributed by atoms with van der Waals surface area (Å²) in [6, 6.07) is 6.01. The number of rotatable bonds is 8. The Morgan fingerprint density at radius 1 is 1.00 bits per heavy atom. The highest BCUT2D eigenvalue weighted by atomic mass is 16.5. The van der Waals surface area contributed by atoms with E-state index in [2.05, 4.69) is 13.0 Å². The first-order chi connectivity index (χ1) is 8.30. The second-order valence-corrected chi connectivity index (χ2v) is 3.77. The van der Waals surface area contributed by atoms with Gasteiger partial charge in [-0.05, 0) is 31.0 Å². The summed E-state index contributed by atoms with van der Waals surface area (Å²) in [4.78, 5) is 0. The van der Waals surface area contributed by atoms with E-state index in [9.17, 15) is 0 Å². The van der Waals surface area contributed by atoms with Crippen molar-refractivity contribution in [1.29, 1.82) is 0 Å². The fourth-order valence-electron chi connectivity index (χ4n) is 1.53. The molecule has 1 aromatic carbocycles. The molecule has 1 aromatic rings. The molecule has 0 bridgehead atoms. The van der Waals surface area contributed by atoms with Crippen LogP contribution in [0.5, 0.6) is 11.5 Å². The number of benzene rings is 1. The highest BCUT2D eigenvalue weighted by molar-refractivity contribution is 5.38. The lowest BCUT2D eigenvalue weighted by molar-refractivity contribution is 0.131. The third-order valence-electron chi connectivity index (χ3n) is 2.49. The van der Waals surface area contributed by atoms with Crippen molar-refractivity contribution in [2.75, 3.05) is 26.9 Å². The van der Waals surface area contributed by atoms with Crippen LogP contribution in [0, 0.1) is 0 Å². The lowest BCUT2D eigenvalue weighted by Crippen LogP contribution is -2.03. The Hall–Kier alpha value is -1.22. The minimum Gasteiger partial charge on any atom is -0.497 e. The van der Waals surface area contributed by atoms with Gasteiger partial charge in [-0.25, -0.2) is 0 Å². The van der Waals surface area contributed by atoms with Crippen LogP contribution in [0.2, 0.25) is 0 Å². The van der Waals surface area contributed by atoms with Crippen LogP contribution in [0.15, 0.2) is 18.2 Å². The van der Waals surface area contributed by atoms with Crippen molar-refractivity contribution in [2.45, 2.75) is 26.7 Å². The molecule has 3 heteroatoms. The van der Waals surface area contributed by atoms with Gasteiger partial charge in [0.05, 0.1) is 13.7 Å². The number of methoxy groups -OCH3 is 1. The molecule has 0 fully saturated rings. The van der Waals surface area contributed by atoms with Gasteiger partial charge in [-0.1, -0.05) is 6.92 Å². The van der Waals surface area contributed by atoms with Gasteiger partial charge in [0.1, 0.15) is 11.5 Å². The van der Waals surface area contributed by atoms with Gasteiger partial charge in [-0.2, -0.15) is 0 Å². The molecule has 0 aliphatic heterocycles. The summed E-state index contributed by atoms with van der Waals surface area (Å²) in [5.41, 5.74) is 1.23. The highest BCUT2D eigenvalue weighted by Gasteiger charge is 2.01. The van der Waals surface area contributed by atoms with Crippen LogP contribution in [0.3, 0.4) is 0 Å². The number of aryl methyl sites for hydroxylation is 1. The molecule has 0 atom stereocenters. The minimum atomic E-state index is 0.677. The van der Waals surface area contributed by atoms with Gasteiger partial charge >= 0.3 is 0 Å². The maximum atomic E-state index is 5.68. The van der Waals surface area contributed by atoms with E-state index in [1.807, 2.05) is 19.1 Å². The first kappa shape index (κ1) is 13.8. The Kier molecular flexibility index (Phi) is 6.48. The summed E-state index contributed by atoms with van der Waals surface area (Å²) in [6.45, 7) is 6.31. The molecule has 0 aliphatic carbocycles. The molecule has 0 N–H and O–H groups in total. The number of hydrogen-bond donors (Lipinski definition) is 0. The van der Waals surface area contributed by atoms with Crippen LogP contribution < -0.4 is 9.47 Å². The molecule has 0 heterocycles. The molecular weight excluding hydrogens is 216 g/mol. The van der Waals surface area contributed by atoms with Gasteiger partial charge in [0.15, 0.2) is 0 Å². The molecule has 0 saturated heterocycles. The molecule has 0 radical (unpaired) electrons. The Labute approximate surface area is 104 Å².